The van der Waals surface area contributed by atoms with E-state index in [2.05, 4.69) is 5.16 Å². The summed E-state index contributed by atoms with van der Waals surface area (Å²) in [6.45, 7) is 1.55. The van der Waals surface area contributed by atoms with Gasteiger partial charge in [-0.1, -0.05) is 35.5 Å². The number of hydrogen-bond donors (Lipinski definition) is 0. The quantitative estimate of drug-likeness (QED) is 0.638. The van der Waals surface area contributed by atoms with Crippen LogP contribution in [0.5, 0.6) is 0 Å². The molecular weight excluding hydrogens is 226 g/mol. The largest absolute Gasteiger partial charge is 0.356 e. The van der Waals surface area contributed by atoms with E-state index in [4.69, 9.17) is 4.52 Å². The summed E-state index contributed by atoms with van der Waals surface area (Å²) in [5, 5.41) is 4.95. The minimum atomic E-state index is 0.0390. The van der Waals surface area contributed by atoms with Crippen LogP contribution in [0, 0.1) is 0 Å². The molecule has 0 radical (unpaired) electrons. The Balaban J connectivity index is 2.24. The summed E-state index contributed by atoms with van der Waals surface area (Å²) in [6, 6.07) is 15.2. The number of ketones is 1. The highest BCUT2D eigenvalue weighted by Gasteiger charge is 2.11. The zero-order valence-electron chi connectivity index (χ0n) is 9.88. The Morgan fingerprint density at radius 2 is 1.89 bits per heavy atom. The summed E-state index contributed by atoms with van der Waals surface area (Å²) in [6.07, 6.45) is 0. The van der Waals surface area contributed by atoms with Gasteiger partial charge in [0.05, 0.1) is 5.39 Å². The van der Waals surface area contributed by atoms with Crippen LogP contribution in [0.2, 0.25) is 0 Å². The number of carbonyl (C=O) groups excluding carboxylic acids is 1. The average molecular weight is 237 g/mol. The zero-order chi connectivity index (χ0) is 12.5. The van der Waals surface area contributed by atoms with Crippen molar-refractivity contribution < 1.29 is 9.32 Å². The molecule has 0 N–H and O–H groups in total. The molecule has 18 heavy (non-hydrogen) atoms. The van der Waals surface area contributed by atoms with E-state index in [0.717, 1.165) is 16.6 Å². The van der Waals surface area contributed by atoms with Crippen LogP contribution < -0.4 is 0 Å². The van der Waals surface area contributed by atoms with Crippen molar-refractivity contribution >= 4 is 16.8 Å². The molecule has 0 fully saturated rings. The molecule has 0 aliphatic carbocycles. The summed E-state index contributed by atoms with van der Waals surface area (Å²) in [4.78, 5) is 11.4. The fraction of sp³-hybridized carbons (Fsp3) is 0.0667. The van der Waals surface area contributed by atoms with E-state index in [1.54, 1.807) is 19.1 Å². The molecule has 0 bridgehead atoms. The van der Waals surface area contributed by atoms with Crippen LogP contribution in [0.3, 0.4) is 0 Å². The second kappa shape index (κ2) is 4.11. The van der Waals surface area contributed by atoms with Gasteiger partial charge in [-0.3, -0.25) is 4.79 Å². The summed E-state index contributed by atoms with van der Waals surface area (Å²) in [5.41, 5.74) is 3.12. The first-order valence-corrected chi connectivity index (χ1v) is 5.71. The Hall–Kier alpha value is -2.42. The van der Waals surface area contributed by atoms with E-state index >= 15 is 0 Å². The number of rotatable bonds is 2. The second-order valence-electron chi connectivity index (χ2n) is 4.16. The van der Waals surface area contributed by atoms with Crippen molar-refractivity contribution in [1.29, 1.82) is 0 Å². The molecule has 3 nitrogen and oxygen atoms in total. The predicted molar refractivity (Wildman–Crippen MR) is 69.4 cm³/mol. The topological polar surface area (TPSA) is 43.1 Å². The maximum absolute atomic E-state index is 11.4. The fourth-order valence-corrected chi connectivity index (χ4v) is 1.96. The number of Topliss-reactive ketones (excluding diaryl/α,β-unsaturated/α-hetero) is 1. The van der Waals surface area contributed by atoms with Crippen LogP contribution in [-0.2, 0) is 0 Å². The molecule has 0 aliphatic heterocycles. The fourth-order valence-electron chi connectivity index (χ4n) is 1.96. The van der Waals surface area contributed by atoms with Crippen LogP contribution >= 0.6 is 0 Å². The van der Waals surface area contributed by atoms with E-state index < -0.39 is 0 Å². The van der Waals surface area contributed by atoms with Crippen molar-refractivity contribution in [2.75, 3.05) is 0 Å². The van der Waals surface area contributed by atoms with Crippen molar-refractivity contribution in [1.82, 2.24) is 5.16 Å². The van der Waals surface area contributed by atoms with Crippen molar-refractivity contribution in [3.05, 3.63) is 54.1 Å². The van der Waals surface area contributed by atoms with Crippen molar-refractivity contribution in [3.8, 4) is 11.3 Å². The van der Waals surface area contributed by atoms with Gasteiger partial charge in [-0.2, -0.15) is 0 Å². The highest BCUT2D eigenvalue weighted by atomic mass is 16.5. The number of aromatic nitrogens is 1. The summed E-state index contributed by atoms with van der Waals surface area (Å²) >= 11 is 0. The SMILES string of the molecule is CC(=O)c1ccc2onc(-c3ccccc3)c2c1. The lowest BCUT2D eigenvalue weighted by molar-refractivity contribution is 0.101. The Labute approximate surface area is 104 Å². The molecule has 0 atom stereocenters. The first-order chi connectivity index (χ1) is 8.75. The van der Waals surface area contributed by atoms with Crippen LogP contribution in [0.25, 0.3) is 22.2 Å². The molecule has 88 valence electrons. The van der Waals surface area contributed by atoms with E-state index in [0.29, 0.717) is 11.1 Å². The monoisotopic (exact) mass is 237 g/mol. The van der Waals surface area contributed by atoms with Crippen LogP contribution in [0.4, 0.5) is 0 Å². The average Bonchev–Trinajstić information content (AvgIpc) is 2.82. The van der Waals surface area contributed by atoms with E-state index in [9.17, 15) is 4.79 Å². The van der Waals surface area contributed by atoms with Crippen molar-refractivity contribution in [2.45, 2.75) is 6.92 Å². The Morgan fingerprint density at radius 1 is 1.11 bits per heavy atom. The smallest absolute Gasteiger partial charge is 0.167 e. The summed E-state index contributed by atoms with van der Waals surface area (Å²) in [7, 11) is 0. The minimum absolute atomic E-state index is 0.0390. The predicted octanol–water partition coefficient (Wildman–Crippen LogP) is 3.70. The molecule has 0 unspecified atom stereocenters. The molecular formula is C15H11NO2. The lowest BCUT2D eigenvalue weighted by Crippen LogP contribution is -1.90. The highest BCUT2D eigenvalue weighted by Crippen LogP contribution is 2.28. The van der Waals surface area contributed by atoms with Gasteiger partial charge in [-0.05, 0) is 25.1 Å². The Kier molecular flexibility index (Phi) is 2.45. The zero-order valence-corrected chi connectivity index (χ0v) is 9.88. The summed E-state index contributed by atoms with van der Waals surface area (Å²) in [5.74, 6) is 0.0390. The molecule has 0 amide bonds. The Morgan fingerprint density at radius 3 is 2.61 bits per heavy atom. The lowest BCUT2D eigenvalue weighted by Gasteiger charge is -1.97. The normalized spacial score (nSPS) is 10.7. The van der Waals surface area contributed by atoms with E-state index in [1.807, 2.05) is 36.4 Å². The molecule has 2 aromatic carbocycles. The molecule has 0 saturated carbocycles. The first kappa shape index (κ1) is 10.7. The van der Waals surface area contributed by atoms with E-state index in [1.165, 1.54) is 0 Å². The number of benzene rings is 2. The molecule has 0 aliphatic rings. The van der Waals surface area contributed by atoms with Crippen LogP contribution in [-0.4, -0.2) is 10.9 Å². The van der Waals surface area contributed by atoms with Crippen LogP contribution in [0.15, 0.2) is 53.1 Å². The number of nitrogens with zero attached hydrogens (tertiary/aromatic N) is 1. The third-order valence-electron chi connectivity index (χ3n) is 2.92. The minimum Gasteiger partial charge on any atom is -0.356 e. The molecule has 1 heterocycles. The lowest BCUT2D eigenvalue weighted by atomic mass is 10.0. The standard InChI is InChI=1S/C15H11NO2/c1-10(17)12-7-8-14-13(9-12)15(16-18-14)11-5-3-2-4-6-11/h2-9H,1H3. The maximum Gasteiger partial charge on any atom is 0.167 e. The van der Waals surface area contributed by atoms with Crippen molar-refractivity contribution in [2.24, 2.45) is 0 Å². The number of carbonyl (C=O) groups is 1. The first-order valence-electron chi connectivity index (χ1n) is 5.71. The van der Waals surface area contributed by atoms with Gasteiger partial charge in [0, 0.05) is 11.1 Å². The van der Waals surface area contributed by atoms with Gasteiger partial charge in [-0.15, -0.1) is 0 Å². The van der Waals surface area contributed by atoms with Crippen molar-refractivity contribution in [3.63, 3.8) is 0 Å². The molecule has 3 rings (SSSR count). The molecule has 0 spiro atoms. The number of fused-ring (bicyclic) bond motifs is 1. The van der Waals surface area contributed by atoms with Gasteiger partial charge in [0.1, 0.15) is 5.69 Å². The maximum atomic E-state index is 11.4. The molecule has 1 aromatic heterocycles. The van der Waals surface area contributed by atoms with E-state index in [-0.39, 0.29) is 5.78 Å². The second-order valence-corrected chi connectivity index (χ2v) is 4.16. The Bertz CT molecular complexity index is 714. The van der Waals surface area contributed by atoms with Gasteiger partial charge >= 0.3 is 0 Å². The third-order valence-corrected chi connectivity index (χ3v) is 2.92. The molecule has 3 heteroatoms. The molecule has 0 saturated heterocycles. The van der Waals surface area contributed by atoms with Gasteiger partial charge < -0.3 is 4.52 Å². The molecule has 3 aromatic rings. The third kappa shape index (κ3) is 1.70. The van der Waals surface area contributed by atoms with Gasteiger partial charge in [0.2, 0.25) is 0 Å². The summed E-state index contributed by atoms with van der Waals surface area (Å²) < 4.78 is 5.28. The van der Waals surface area contributed by atoms with Gasteiger partial charge in [-0.25, -0.2) is 0 Å². The van der Waals surface area contributed by atoms with Gasteiger partial charge in [0.25, 0.3) is 0 Å². The highest BCUT2D eigenvalue weighted by molar-refractivity contribution is 6.00. The van der Waals surface area contributed by atoms with Gasteiger partial charge in [0.15, 0.2) is 11.4 Å². The number of hydrogen-bond acceptors (Lipinski definition) is 3. The van der Waals surface area contributed by atoms with Crippen LogP contribution in [0.1, 0.15) is 17.3 Å².